The molecule has 2 rings (SSSR count). The SMILES string of the molecule is Cc1ccc(CC2(CS(=O)(=O)O)CC2)cc1. The lowest BCUT2D eigenvalue weighted by atomic mass is 9.98. The Labute approximate surface area is 96.2 Å². The lowest BCUT2D eigenvalue weighted by Gasteiger charge is -2.13. The average Bonchev–Trinajstić information content (AvgIpc) is 2.86. The summed E-state index contributed by atoms with van der Waals surface area (Å²) in [5.41, 5.74) is 2.14. The van der Waals surface area contributed by atoms with E-state index in [1.54, 1.807) is 0 Å². The van der Waals surface area contributed by atoms with E-state index in [9.17, 15) is 8.42 Å². The molecule has 1 aliphatic carbocycles. The molecule has 1 aromatic carbocycles. The topological polar surface area (TPSA) is 54.4 Å². The Hall–Kier alpha value is -0.870. The van der Waals surface area contributed by atoms with Gasteiger partial charge in [0.25, 0.3) is 10.1 Å². The van der Waals surface area contributed by atoms with E-state index in [2.05, 4.69) is 0 Å². The molecule has 3 nitrogen and oxygen atoms in total. The van der Waals surface area contributed by atoms with Crippen molar-refractivity contribution in [2.75, 3.05) is 5.75 Å². The molecule has 1 saturated carbocycles. The maximum Gasteiger partial charge on any atom is 0.265 e. The highest BCUT2D eigenvalue weighted by atomic mass is 32.2. The summed E-state index contributed by atoms with van der Waals surface area (Å²) in [6.45, 7) is 2.02. The largest absolute Gasteiger partial charge is 0.286 e. The highest BCUT2D eigenvalue weighted by molar-refractivity contribution is 7.85. The summed E-state index contributed by atoms with van der Waals surface area (Å²) in [5.74, 6) is -0.103. The Kier molecular flexibility index (Phi) is 2.80. The van der Waals surface area contributed by atoms with Crippen molar-refractivity contribution in [3.8, 4) is 0 Å². The van der Waals surface area contributed by atoms with Crippen molar-refractivity contribution in [1.29, 1.82) is 0 Å². The molecule has 0 saturated heterocycles. The van der Waals surface area contributed by atoms with Gasteiger partial charge >= 0.3 is 0 Å². The summed E-state index contributed by atoms with van der Waals surface area (Å²) in [7, 11) is -3.85. The molecule has 4 heteroatoms. The summed E-state index contributed by atoms with van der Waals surface area (Å²) in [6.07, 6.45) is 2.52. The van der Waals surface area contributed by atoms with Crippen LogP contribution in [0.2, 0.25) is 0 Å². The standard InChI is InChI=1S/C12H16O3S/c1-10-2-4-11(5-3-10)8-12(6-7-12)9-16(13,14)15/h2-5H,6-9H2,1H3,(H,13,14,15). The van der Waals surface area contributed by atoms with Gasteiger partial charge in [-0.2, -0.15) is 8.42 Å². The molecule has 0 aliphatic heterocycles. The molecular weight excluding hydrogens is 224 g/mol. The molecule has 0 spiro atoms. The molecule has 0 atom stereocenters. The van der Waals surface area contributed by atoms with Crippen molar-refractivity contribution in [2.45, 2.75) is 26.2 Å². The second-order valence-electron chi connectivity index (χ2n) is 4.89. The van der Waals surface area contributed by atoms with E-state index in [0.717, 1.165) is 24.8 Å². The van der Waals surface area contributed by atoms with Gasteiger partial charge in [0.15, 0.2) is 0 Å². The minimum absolute atomic E-state index is 0.103. The van der Waals surface area contributed by atoms with E-state index in [0.29, 0.717) is 0 Å². The van der Waals surface area contributed by atoms with Crippen LogP contribution >= 0.6 is 0 Å². The van der Waals surface area contributed by atoms with Crippen LogP contribution in [-0.4, -0.2) is 18.7 Å². The van der Waals surface area contributed by atoms with E-state index in [1.807, 2.05) is 31.2 Å². The molecule has 0 heterocycles. The zero-order chi connectivity index (χ0) is 11.8. The van der Waals surface area contributed by atoms with Gasteiger partial charge in [0.2, 0.25) is 0 Å². The zero-order valence-electron chi connectivity index (χ0n) is 9.31. The molecule has 0 unspecified atom stereocenters. The number of rotatable bonds is 4. The molecule has 1 aromatic rings. The van der Waals surface area contributed by atoms with Crippen LogP contribution in [0.5, 0.6) is 0 Å². The maximum absolute atomic E-state index is 10.9. The Morgan fingerprint density at radius 3 is 2.25 bits per heavy atom. The van der Waals surface area contributed by atoms with Crippen molar-refractivity contribution < 1.29 is 13.0 Å². The van der Waals surface area contributed by atoms with Crippen LogP contribution in [0, 0.1) is 12.3 Å². The van der Waals surface area contributed by atoms with E-state index < -0.39 is 10.1 Å². The summed E-state index contributed by atoms with van der Waals surface area (Å²) in [4.78, 5) is 0. The van der Waals surface area contributed by atoms with E-state index in [1.165, 1.54) is 5.56 Å². The van der Waals surface area contributed by atoms with Crippen LogP contribution in [0.15, 0.2) is 24.3 Å². The quantitative estimate of drug-likeness (QED) is 0.821. The Bertz CT molecular complexity index is 469. The molecule has 0 bridgehead atoms. The predicted octanol–water partition coefficient (Wildman–Crippen LogP) is 2.21. The number of benzene rings is 1. The summed E-state index contributed by atoms with van der Waals surface area (Å²) >= 11 is 0. The lowest BCUT2D eigenvalue weighted by Crippen LogP contribution is -2.18. The number of hydrogen-bond donors (Lipinski definition) is 1. The van der Waals surface area contributed by atoms with E-state index >= 15 is 0 Å². The molecular formula is C12H16O3S. The summed E-state index contributed by atoms with van der Waals surface area (Å²) < 4.78 is 30.7. The van der Waals surface area contributed by atoms with Crippen molar-refractivity contribution >= 4 is 10.1 Å². The number of aryl methyl sites for hydroxylation is 1. The lowest BCUT2D eigenvalue weighted by molar-refractivity contribution is 0.457. The van der Waals surface area contributed by atoms with Crippen LogP contribution in [0.1, 0.15) is 24.0 Å². The van der Waals surface area contributed by atoms with Crippen molar-refractivity contribution in [2.24, 2.45) is 5.41 Å². The van der Waals surface area contributed by atoms with Crippen LogP contribution in [0.3, 0.4) is 0 Å². The fraction of sp³-hybridized carbons (Fsp3) is 0.500. The fourth-order valence-electron chi connectivity index (χ4n) is 2.07. The molecule has 1 N–H and O–H groups in total. The molecule has 16 heavy (non-hydrogen) atoms. The monoisotopic (exact) mass is 240 g/mol. The highest BCUT2D eigenvalue weighted by Crippen LogP contribution is 2.49. The normalized spacial score (nSPS) is 18.4. The van der Waals surface area contributed by atoms with Gasteiger partial charge in [-0.15, -0.1) is 0 Å². The van der Waals surface area contributed by atoms with Crippen molar-refractivity contribution in [3.05, 3.63) is 35.4 Å². The van der Waals surface area contributed by atoms with E-state index in [4.69, 9.17) is 4.55 Å². The number of hydrogen-bond acceptors (Lipinski definition) is 2. The Morgan fingerprint density at radius 1 is 1.25 bits per heavy atom. The van der Waals surface area contributed by atoms with Gasteiger partial charge in [0, 0.05) is 0 Å². The molecule has 1 fully saturated rings. The Balaban J connectivity index is 2.07. The third-order valence-electron chi connectivity index (χ3n) is 3.15. The third-order valence-corrected chi connectivity index (χ3v) is 4.12. The first-order chi connectivity index (χ1) is 7.39. The molecule has 88 valence electrons. The van der Waals surface area contributed by atoms with Gasteiger partial charge in [-0.25, -0.2) is 0 Å². The van der Waals surface area contributed by atoms with Crippen molar-refractivity contribution in [3.63, 3.8) is 0 Å². The zero-order valence-corrected chi connectivity index (χ0v) is 10.1. The molecule has 1 aliphatic rings. The smallest absolute Gasteiger partial charge is 0.265 e. The van der Waals surface area contributed by atoms with Crippen LogP contribution in [0.25, 0.3) is 0 Å². The van der Waals surface area contributed by atoms with Crippen LogP contribution < -0.4 is 0 Å². The average molecular weight is 240 g/mol. The van der Waals surface area contributed by atoms with Crippen molar-refractivity contribution in [1.82, 2.24) is 0 Å². The first kappa shape index (κ1) is 11.6. The van der Waals surface area contributed by atoms with Gasteiger partial charge in [0.1, 0.15) is 0 Å². The minimum Gasteiger partial charge on any atom is -0.286 e. The van der Waals surface area contributed by atoms with Gasteiger partial charge in [0.05, 0.1) is 5.75 Å². The van der Waals surface area contributed by atoms with Gasteiger partial charge in [-0.1, -0.05) is 29.8 Å². The summed E-state index contributed by atoms with van der Waals surface area (Å²) in [6, 6.07) is 8.11. The van der Waals surface area contributed by atoms with Gasteiger partial charge in [-0.05, 0) is 37.2 Å². The maximum atomic E-state index is 10.9. The fourth-order valence-corrected chi connectivity index (χ4v) is 3.24. The van der Waals surface area contributed by atoms with E-state index in [-0.39, 0.29) is 11.2 Å². The first-order valence-corrected chi connectivity index (χ1v) is 7.00. The highest BCUT2D eigenvalue weighted by Gasteiger charge is 2.45. The second kappa shape index (κ2) is 3.86. The van der Waals surface area contributed by atoms with Crippen LogP contribution in [0.4, 0.5) is 0 Å². The molecule has 0 radical (unpaired) electrons. The minimum atomic E-state index is -3.85. The third kappa shape index (κ3) is 3.06. The molecule has 0 amide bonds. The summed E-state index contributed by atoms with van der Waals surface area (Å²) in [5, 5.41) is 0. The first-order valence-electron chi connectivity index (χ1n) is 5.39. The van der Waals surface area contributed by atoms with Crippen LogP contribution in [-0.2, 0) is 16.5 Å². The predicted molar refractivity (Wildman–Crippen MR) is 63.0 cm³/mol. The second-order valence-corrected chi connectivity index (χ2v) is 6.34. The molecule has 0 aromatic heterocycles. The Morgan fingerprint density at radius 2 is 1.81 bits per heavy atom. The van der Waals surface area contributed by atoms with Gasteiger partial charge < -0.3 is 0 Å². The van der Waals surface area contributed by atoms with Gasteiger partial charge in [-0.3, -0.25) is 4.55 Å².